The number of fused-ring (bicyclic) bond motifs is 2. The van der Waals surface area contributed by atoms with E-state index >= 15 is 0 Å². The molecule has 0 aromatic carbocycles. The summed E-state index contributed by atoms with van der Waals surface area (Å²) < 4.78 is 48.3. The molecule has 10 heteroatoms. The average Bonchev–Trinajstić information content (AvgIpc) is 3.22. The number of aryl methyl sites for hydroxylation is 3. The van der Waals surface area contributed by atoms with Crippen LogP contribution in [0.5, 0.6) is 5.75 Å². The predicted octanol–water partition coefficient (Wildman–Crippen LogP) is 4.00. The summed E-state index contributed by atoms with van der Waals surface area (Å²) in [5.41, 5.74) is 3.43. The molecule has 7 nitrogen and oxygen atoms in total. The third-order valence-corrected chi connectivity index (χ3v) is 5.71. The number of hydrogen-bond donors (Lipinski definition) is 0. The highest BCUT2D eigenvalue weighted by Gasteiger charge is 2.45. The molecule has 0 aliphatic heterocycles. The first-order valence-electron chi connectivity index (χ1n) is 9.51. The van der Waals surface area contributed by atoms with Crippen LogP contribution >= 0.6 is 0 Å². The first-order valence-corrected chi connectivity index (χ1v) is 9.51. The molecule has 1 aliphatic carbocycles. The third kappa shape index (κ3) is 2.73. The third-order valence-electron chi connectivity index (χ3n) is 5.71. The Balaban J connectivity index is 1.56. The van der Waals surface area contributed by atoms with Gasteiger partial charge in [-0.1, -0.05) is 0 Å². The van der Waals surface area contributed by atoms with Gasteiger partial charge in [-0.25, -0.2) is 14.5 Å². The summed E-state index contributed by atoms with van der Waals surface area (Å²) in [5, 5.41) is 4.63. The number of rotatable bonds is 3. The molecule has 4 heterocycles. The van der Waals surface area contributed by atoms with Crippen molar-refractivity contribution in [2.24, 2.45) is 0 Å². The highest BCUT2D eigenvalue weighted by molar-refractivity contribution is 5.59. The quantitative estimate of drug-likeness (QED) is 0.505. The molecular formula is C20H19F3N6O. The van der Waals surface area contributed by atoms with Gasteiger partial charge in [0.1, 0.15) is 0 Å². The summed E-state index contributed by atoms with van der Waals surface area (Å²) in [4.78, 5) is 13.6. The van der Waals surface area contributed by atoms with Gasteiger partial charge in [0, 0.05) is 29.9 Å². The Morgan fingerprint density at radius 1 is 1.10 bits per heavy atom. The lowest BCUT2D eigenvalue weighted by Crippen LogP contribution is -2.07. The molecule has 0 radical (unpaired) electrons. The van der Waals surface area contributed by atoms with Crippen molar-refractivity contribution in [2.45, 2.75) is 45.2 Å². The molecular weight excluding hydrogens is 397 g/mol. The zero-order chi connectivity index (χ0) is 21.4. The molecule has 1 fully saturated rings. The summed E-state index contributed by atoms with van der Waals surface area (Å²) >= 11 is 0. The van der Waals surface area contributed by atoms with E-state index in [9.17, 15) is 13.2 Å². The van der Waals surface area contributed by atoms with Gasteiger partial charge < -0.3 is 9.14 Å². The van der Waals surface area contributed by atoms with Gasteiger partial charge >= 0.3 is 6.18 Å². The maximum Gasteiger partial charge on any atom is 0.417 e. The number of methoxy groups -OCH3 is 1. The first kappa shape index (κ1) is 18.8. The fourth-order valence-corrected chi connectivity index (χ4v) is 3.95. The highest BCUT2D eigenvalue weighted by atomic mass is 19.4. The molecule has 30 heavy (non-hydrogen) atoms. The van der Waals surface area contributed by atoms with Gasteiger partial charge in [-0.3, -0.25) is 4.98 Å². The molecule has 0 N–H and O–H groups in total. The minimum Gasteiger partial charge on any atom is -0.493 e. The maximum atomic E-state index is 13.3. The lowest BCUT2D eigenvalue weighted by atomic mass is 10.2. The van der Waals surface area contributed by atoms with E-state index in [4.69, 9.17) is 4.74 Å². The Kier molecular flexibility index (Phi) is 3.87. The second-order valence-corrected chi connectivity index (χ2v) is 7.71. The highest BCUT2D eigenvalue weighted by Crippen LogP contribution is 2.54. The number of nitrogens with zero attached hydrogens (tertiary/aromatic N) is 6. The van der Waals surface area contributed by atoms with Crippen molar-refractivity contribution in [2.75, 3.05) is 7.11 Å². The second kappa shape index (κ2) is 6.16. The molecule has 1 aliphatic rings. The van der Waals surface area contributed by atoms with Crippen molar-refractivity contribution in [1.82, 2.24) is 29.0 Å². The summed E-state index contributed by atoms with van der Waals surface area (Å²) in [7, 11) is 1.35. The second-order valence-electron chi connectivity index (χ2n) is 7.71. The van der Waals surface area contributed by atoms with Crippen molar-refractivity contribution >= 4 is 11.3 Å². The fourth-order valence-electron chi connectivity index (χ4n) is 3.95. The molecule has 0 spiro atoms. The van der Waals surface area contributed by atoms with Gasteiger partial charge in [0.15, 0.2) is 22.9 Å². The summed E-state index contributed by atoms with van der Waals surface area (Å²) in [6.07, 6.45) is -0.850. The predicted molar refractivity (Wildman–Crippen MR) is 102 cm³/mol. The van der Waals surface area contributed by atoms with Gasteiger partial charge in [-0.05, 0) is 33.3 Å². The van der Waals surface area contributed by atoms with E-state index in [0.29, 0.717) is 17.2 Å². The largest absolute Gasteiger partial charge is 0.493 e. The van der Waals surface area contributed by atoms with E-state index in [0.717, 1.165) is 41.4 Å². The van der Waals surface area contributed by atoms with Crippen LogP contribution in [0.25, 0.3) is 11.3 Å². The molecule has 4 aromatic rings. The Bertz CT molecular complexity index is 1270. The van der Waals surface area contributed by atoms with Crippen molar-refractivity contribution in [3.63, 3.8) is 0 Å². The number of hydrogen-bond acceptors (Lipinski definition) is 5. The lowest BCUT2D eigenvalue weighted by molar-refractivity contribution is -0.138. The van der Waals surface area contributed by atoms with Crippen LogP contribution in [-0.2, 0) is 6.18 Å². The molecule has 2 unspecified atom stereocenters. The van der Waals surface area contributed by atoms with Crippen molar-refractivity contribution < 1.29 is 17.9 Å². The van der Waals surface area contributed by atoms with E-state index in [-0.39, 0.29) is 17.6 Å². The molecule has 0 bridgehead atoms. The topological polar surface area (TPSA) is 69.6 Å². The van der Waals surface area contributed by atoms with Crippen LogP contribution in [0.1, 0.15) is 52.4 Å². The van der Waals surface area contributed by atoms with Gasteiger partial charge in [0.05, 0.1) is 29.8 Å². The van der Waals surface area contributed by atoms with Gasteiger partial charge in [0.2, 0.25) is 0 Å². The van der Waals surface area contributed by atoms with Crippen LogP contribution in [-0.4, -0.2) is 36.1 Å². The number of alkyl halides is 3. The first-order chi connectivity index (χ1) is 14.2. The molecule has 156 valence electrons. The average molecular weight is 416 g/mol. The van der Waals surface area contributed by atoms with E-state index in [1.54, 1.807) is 17.6 Å². The Labute approximate surface area is 169 Å². The Hall–Kier alpha value is -3.17. The number of halogens is 3. The molecule has 5 rings (SSSR count). The standard InChI is InChI=1S/C20H19F3N6O/c1-9-7-24-10(2)18-26-17(27-29(9)18)14-6-13(14)16-11(3)28-8-12(20(21,22)23)5-15(30-4)19(28)25-16/h5,7-8,13-14H,6H2,1-4H3. The molecule has 1 saturated carbocycles. The molecule has 2 atom stereocenters. The van der Waals surface area contributed by atoms with Crippen LogP contribution in [0.2, 0.25) is 0 Å². The van der Waals surface area contributed by atoms with Crippen LogP contribution < -0.4 is 4.74 Å². The monoisotopic (exact) mass is 416 g/mol. The van der Waals surface area contributed by atoms with E-state index in [1.165, 1.54) is 11.5 Å². The zero-order valence-electron chi connectivity index (χ0n) is 16.8. The van der Waals surface area contributed by atoms with E-state index < -0.39 is 11.7 Å². The maximum absolute atomic E-state index is 13.3. The van der Waals surface area contributed by atoms with Crippen LogP contribution in [0.4, 0.5) is 13.2 Å². The molecule has 0 saturated heterocycles. The summed E-state index contributed by atoms with van der Waals surface area (Å²) in [6, 6.07) is 0.984. The van der Waals surface area contributed by atoms with Gasteiger partial charge in [-0.2, -0.15) is 18.3 Å². The number of pyridine rings is 1. The molecule has 0 amide bonds. The Morgan fingerprint density at radius 3 is 2.53 bits per heavy atom. The van der Waals surface area contributed by atoms with Crippen molar-refractivity contribution in [3.05, 3.63) is 52.6 Å². The number of imidazole rings is 1. The van der Waals surface area contributed by atoms with Crippen LogP contribution in [0, 0.1) is 20.8 Å². The molecule has 4 aromatic heterocycles. The minimum atomic E-state index is -4.47. The summed E-state index contributed by atoms with van der Waals surface area (Å²) in [5.74, 6) is 0.925. The number of ether oxygens (including phenoxy) is 1. The van der Waals surface area contributed by atoms with Crippen molar-refractivity contribution in [1.29, 1.82) is 0 Å². The van der Waals surface area contributed by atoms with Crippen LogP contribution in [0.15, 0.2) is 18.5 Å². The lowest BCUT2D eigenvalue weighted by Gasteiger charge is -2.10. The fraction of sp³-hybridized carbons (Fsp3) is 0.400. The zero-order valence-corrected chi connectivity index (χ0v) is 16.8. The van der Waals surface area contributed by atoms with E-state index in [2.05, 4.69) is 20.1 Å². The minimum absolute atomic E-state index is 0.0509. The van der Waals surface area contributed by atoms with E-state index in [1.807, 2.05) is 13.8 Å². The Morgan fingerprint density at radius 2 is 1.87 bits per heavy atom. The van der Waals surface area contributed by atoms with Crippen LogP contribution in [0.3, 0.4) is 0 Å². The van der Waals surface area contributed by atoms with Gasteiger partial charge in [-0.15, -0.1) is 0 Å². The number of aromatic nitrogens is 6. The van der Waals surface area contributed by atoms with Crippen molar-refractivity contribution in [3.8, 4) is 5.75 Å². The summed E-state index contributed by atoms with van der Waals surface area (Å²) in [6.45, 7) is 5.58. The van der Waals surface area contributed by atoms with Gasteiger partial charge in [0.25, 0.3) is 0 Å². The normalized spacial score (nSPS) is 19.0. The SMILES string of the molecule is COc1cc(C(F)(F)F)cn2c(C)c(C3CC3c3nc4c(C)ncc(C)n4n3)nc12. The smallest absolute Gasteiger partial charge is 0.417 e.